The van der Waals surface area contributed by atoms with Gasteiger partial charge in [-0.05, 0) is 40.0 Å². The monoisotopic (exact) mass is 231 g/mol. The Morgan fingerprint density at radius 1 is 1.06 bits per heavy atom. The lowest BCUT2D eigenvalue weighted by molar-refractivity contribution is -0.118. The number of amides is 1. The van der Waals surface area contributed by atoms with Crippen LogP contribution < -0.4 is 0 Å². The van der Waals surface area contributed by atoms with Gasteiger partial charge in [0.05, 0.1) is 5.60 Å². The lowest BCUT2D eigenvalue weighted by Crippen LogP contribution is -2.27. The summed E-state index contributed by atoms with van der Waals surface area (Å²) < 4.78 is 4.94. The zero-order valence-electron chi connectivity index (χ0n) is 11.9. The van der Waals surface area contributed by atoms with Crippen molar-refractivity contribution >= 4 is 6.41 Å². The molecule has 16 heavy (non-hydrogen) atoms. The normalized spacial score (nSPS) is 15.2. The smallest absolute Gasteiger partial charge is 0.209 e. The predicted octanol–water partition coefficient (Wildman–Crippen LogP) is 3.09. The highest BCUT2D eigenvalue weighted by Gasteiger charge is 2.05. The molecule has 0 bridgehead atoms. The van der Waals surface area contributed by atoms with Gasteiger partial charge >= 0.3 is 0 Å². The van der Waals surface area contributed by atoms with Crippen LogP contribution in [0.4, 0.5) is 0 Å². The Morgan fingerprint density at radius 2 is 1.44 bits per heavy atom. The summed E-state index contributed by atoms with van der Waals surface area (Å²) in [5.74, 6) is 0. The zero-order chi connectivity index (χ0) is 13.0. The van der Waals surface area contributed by atoms with Gasteiger partial charge in [-0.25, -0.2) is 0 Å². The van der Waals surface area contributed by atoms with Crippen LogP contribution in [0.15, 0.2) is 0 Å². The third kappa shape index (κ3) is 13.4. The quantitative estimate of drug-likeness (QED) is 0.649. The summed E-state index contributed by atoms with van der Waals surface area (Å²) in [6.45, 7) is 12.0. The molecule has 1 amide bonds. The van der Waals surface area contributed by atoms with E-state index >= 15 is 0 Å². The molecule has 0 spiro atoms. The summed E-state index contributed by atoms with van der Waals surface area (Å²) in [5, 5.41) is 0. The standard InChI is InChI=1S/C6H11NO.C5H12O.C2H6/c8-6-7-4-2-1-3-5-7;1-5(2,3)6-4;1-2/h6H,1-5H2;1-4H3;1-2H3. The average molecular weight is 231 g/mol. The van der Waals surface area contributed by atoms with E-state index in [9.17, 15) is 4.79 Å². The van der Waals surface area contributed by atoms with E-state index in [-0.39, 0.29) is 5.60 Å². The molecule has 1 aliphatic rings. The van der Waals surface area contributed by atoms with E-state index in [0.717, 1.165) is 19.5 Å². The minimum atomic E-state index is 0.0417. The molecule has 1 heterocycles. The van der Waals surface area contributed by atoms with Crippen molar-refractivity contribution in [2.75, 3.05) is 20.2 Å². The SMILES string of the molecule is CC.COC(C)(C)C.O=CN1CCCCC1. The molecule has 0 aromatic heterocycles. The Morgan fingerprint density at radius 3 is 1.62 bits per heavy atom. The van der Waals surface area contributed by atoms with E-state index in [1.165, 1.54) is 19.3 Å². The fourth-order valence-electron chi connectivity index (χ4n) is 1.02. The first-order valence-electron chi connectivity index (χ1n) is 6.24. The Bertz CT molecular complexity index is 147. The van der Waals surface area contributed by atoms with E-state index in [1.807, 2.05) is 39.5 Å². The van der Waals surface area contributed by atoms with Gasteiger partial charge < -0.3 is 9.64 Å². The summed E-state index contributed by atoms with van der Waals surface area (Å²) in [5.41, 5.74) is 0.0417. The van der Waals surface area contributed by atoms with Crippen molar-refractivity contribution in [1.82, 2.24) is 4.90 Å². The number of likely N-dealkylation sites (tertiary alicyclic amines) is 1. The van der Waals surface area contributed by atoms with Crippen molar-refractivity contribution < 1.29 is 9.53 Å². The molecule has 3 heteroatoms. The van der Waals surface area contributed by atoms with Crippen LogP contribution in [0.5, 0.6) is 0 Å². The van der Waals surface area contributed by atoms with E-state index in [4.69, 9.17) is 4.74 Å². The highest BCUT2D eigenvalue weighted by atomic mass is 16.5. The first kappa shape index (κ1) is 17.8. The molecule has 1 aliphatic heterocycles. The zero-order valence-corrected chi connectivity index (χ0v) is 11.9. The van der Waals surface area contributed by atoms with E-state index in [2.05, 4.69) is 0 Å². The largest absolute Gasteiger partial charge is 0.379 e. The van der Waals surface area contributed by atoms with E-state index < -0.39 is 0 Å². The lowest BCUT2D eigenvalue weighted by Gasteiger charge is -2.21. The molecule has 0 aliphatic carbocycles. The van der Waals surface area contributed by atoms with Crippen LogP contribution in [0.3, 0.4) is 0 Å². The fraction of sp³-hybridized carbons (Fsp3) is 0.923. The maximum Gasteiger partial charge on any atom is 0.209 e. The number of hydrogen-bond acceptors (Lipinski definition) is 2. The molecule has 0 aromatic rings. The van der Waals surface area contributed by atoms with E-state index in [0.29, 0.717) is 0 Å². The van der Waals surface area contributed by atoms with Crippen molar-refractivity contribution in [3.63, 3.8) is 0 Å². The number of carbonyl (C=O) groups excluding carboxylic acids is 1. The molecular formula is C13H29NO2. The van der Waals surface area contributed by atoms with Gasteiger partial charge in [0.25, 0.3) is 0 Å². The van der Waals surface area contributed by atoms with Crippen LogP contribution in [0.1, 0.15) is 53.9 Å². The average Bonchev–Trinajstić information content (AvgIpc) is 2.32. The molecule has 0 atom stereocenters. The van der Waals surface area contributed by atoms with Crippen molar-refractivity contribution in [2.45, 2.75) is 59.5 Å². The summed E-state index contributed by atoms with van der Waals surface area (Å²) in [4.78, 5) is 11.9. The number of hydrogen-bond donors (Lipinski definition) is 0. The van der Waals surface area contributed by atoms with Gasteiger partial charge in [0.2, 0.25) is 6.41 Å². The molecule has 0 unspecified atom stereocenters. The molecule has 1 saturated heterocycles. The highest BCUT2D eigenvalue weighted by Crippen LogP contribution is 2.05. The third-order valence-corrected chi connectivity index (χ3v) is 2.15. The number of rotatable bonds is 1. The van der Waals surface area contributed by atoms with Gasteiger partial charge in [-0.15, -0.1) is 0 Å². The minimum absolute atomic E-state index is 0.0417. The topological polar surface area (TPSA) is 29.5 Å². The van der Waals surface area contributed by atoms with Gasteiger partial charge in [-0.3, -0.25) is 4.79 Å². The Labute approximate surface area is 101 Å². The molecule has 0 saturated carbocycles. The number of methoxy groups -OCH3 is 1. The first-order valence-corrected chi connectivity index (χ1v) is 6.24. The second kappa shape index (κ2) is 10.9. The number of carbonyl (C=O) groups is 1. The van der Waals surface area contributed by atoms with Crippen LogP contribution in [-0.2, 0) is 9.53 Å². The van der Waals surface area contributed by atoms with Gasteiger partial charge in [-0.2, -0.15) is 0 Å². The Hall–Kier alpha value is -0.570. The third-order valence-electron chi connectivity index (χ3n) is 2.15. The Kier molecular flexibility index (Phi) is 12.2. The maximum atomic E-state index is 10.1. The molecule has 3 nitrogen and oxygen atoms in total. The predicted molar refractivity (Wildman–Crippen MR) is 69.6 cm³/mol. The van der Waals surface area contributed by atoms with Crippen LogP contribution in [0.2, 0.25) is 0 Å². The van der Waals surface area contributed by atoms with Crippen LogP contribution in [0, 0.1) is 0 Å². The number of nitrogens with zero attached hydrogens (tertiary/aromatic N) is 1. The molecular weight excluding hydrogens is 202 g/mol. The summed E-state index contributed by atoms with van der Waals surface area (Å²) in [7, 11) is 1.71. The van der Waals surface area contributed by atoms with Gasteiger partial charge in [0, 0.05) is 20.2 Å². The van der Waals surface area contributed by atoms with Crippen molar-refractivity contribution in [3.8, 4) is 0 Å². The second-order valence-electron chi connectivity index (χ2n) is 4.52. The second-order valence-corrected chi connectivity index (χ2v) is 4.52. The minimum Gasteiger partial charge on any atom is -0.379 e. The van der Waals surface area contributed by atoms with Gasteiger partial charge in [-0.1, -0.05) is 13.8 Å². The van der Waals surface area contributed by atoms with Gasteiger partial charge in [0.1, 0.15) is 0 Å². The Balaban J connectivity index is 0. The maximum absolute atomic E-state index is 10.1. The van der Waals surface area contributed by atoms with Crippen molar-refractivity contribution in [1.29, 1.82) is 0 Å². The molecule has 1 fully saturated rings. The molecule has 0 N–H and O–H groups in total. The number of ether oxygens (including phenoxy) is 1. The fourth-order valence-corrected chi connectivity index (χ4v) is 1.02. The van der Waals surface area contributed by atoms with E-state index in [1.54, 1.807) is 7.11 Å². The summed E-state index contributed by atoms with van der Waals surface area (Å²) in [6, 6.07) is 0. The van der Waals surface area contributed by atoms with Crippen LogP contribution >= 0.6 is 0 Å². The molecule has 0 radical (unpaired) electrons. The molecule has 1 rings (SSSR count). The van der Waals surface area contributed by atoms with Crippen LogP contribution in [0.25, 0.3) is 0 Å². The molecule has 98 valence electrons. The molecule has 0 aromatic carbocycles. The first-order chi connectivity index (χ1) is 7.49. The summed E-state index contributed by atoms with van der Waals surface area (Å²) >= 11 is 0. The summed E-state index contributed by atoms with van der Waals surface area (Å²) in [6.07, 6.45) is 4.63. The highest BCUT2D eigenvalue weighted by molar-refractivity contribution is 5.46. The van der Waals surface area contributed by atoms with Crippen molar-refractivity contribution in [3.05, 3.63) is 0 Å². The van der Waals surface area contributed by atoms with Crippen molar-refractivity contribution in [2.24, 2.45) is 0 Å². The number of piperidine rings is 1. The van der Waals surface area contributed by atoms with Crippen LogP contribution in [-0.4, -0.2) is 37.1 Å². The lowest BCUT2D eigenvalue weighted by atomic mass is 10.1. The van der Waals surface area contributed by atoms with Gasteiger partial charge in [0.15, 0.2) is 0 Å².